The second kappa shape index (κ2) is 2.23. The van der Waals surface area contributed by atoms with Crippen LogP contribution in [0.15, 0.2) is 6.58 Å². The van der Waals surface area contributed by atoms with Crippen molar-refractivity contribution in [3.8, 4) is 17.5 Å². The summed E-state index contributed by atoms with van der Waals surface area (Å²) in [5, 5.41) is 27.0. The molecule has 60 valence electrons. The Kier molecular flexibility index (Phi) is 1.53. The number of hydrogen-bond donors (Lipinski definition) is 4. The third-order valence-corrected chi connectivity index (χ3v) is 1.36. The van der Waals surface area contributed by atoms with Gasteiger partial charge in [0.2, 0.25) is 11.8 Å². The summed E-state index contributed by atoms with van der Waals surface area (Å²) in [6.07, 6.45) is 0. The summed E-state index contributed by atoms with van der Waals surface area (Å²) >= 11 is 0. The van der Waals surface area contributed by atoms with Crippen LogP contribution in [0.3, 0.4) is 0 Å². The zero-order valence-corrected chi connectivity index (χ0v) is 6.05. The molecule has 0 atom stereocenters. The maximum atomic E-state index is 9.09. The fraction of sp³-hybridized carbons (Fsp3) is 0.143. The third-order valence-electron chi connectivity index (χ3n) is 1.36. The molecule has 11 heavy (non-hydrogen) atoms. The molecule has 0 unspecified atom stereocenters. The predicted octanol–water partition coefficient (Wildman–Crippen LogP) is 1.16. The molecule has 0 amide bonds. The molecule has 4 N–H and O–H groups in total. The Labute approximate surface area is 63.4 Å². The fourth-order valence-electron chi connectivity index (χ4n) is 0.869. The molecule has 0 radical (unpaired) electrons. The van der Waals surface area contributed by atoms with Crippen LogP contribution in [-0.2, 0) is 0 Å². The van der Waals surface area contributed by atoms with Gasteiger partial charge in [-0.05, 0) is 12.5 Å². The molecule has 1 rings (SSSR count). The lowest BCUT2D eigenvalue weighted by Gasteiger charge is -1.95. The van der Waals surface area contributed by atoms with Crippen LogP contribution in [0.5, 0.6) is 17.5 Å². The van der Waals surface area contributed by atoms with Gasteiger partial charge in [0.1, 0.15) is 0 Å². The van der Waals surface area contributed by atoms with Crippen molar-refractivity contribution in [3.63, 3.8) is 0 Å². The van der Waals surface area contributed by atoms with Crippen LogP contribution >= 0.6 is 0 Å². The second-order valence-corrected chi connectivity index (χ2v) is 2.33. The lowest BCUT2D eigenvalue weighted by atomic mass is 10.2. The van der Waals surface area contributed by atoms with Gasteiger partial charge in [0, 0.05) is 0 Å². The molecule has 4 nitrogen and oxygen atoms in total. The van der Waals surface area contributed by atoms with E-state index in [1.54, 1.807) is 6.92 Å². The van der Waals surface area contributed by atoms with E-state index in [2.05, 4.69) is 11.6 Å². The van der Waals surface area contributed by atoms with E-state index in [-0.39, 0.29) is 17.2 Å². The van der Waals surface area contributed by atoms with Gasteiger partial charge in [0.15, 0.2) is 5.75 Å². The van der Waals surface area contributed by atoms with Gasteiger partial charge in [-0.25, -0.2) is 0 Å². The Morgan fingerprint density at radius 1 is 1.27 bits per heavy atom. The summed E-state index contributed by atoms with van der Waals surface area (Å²) in [4.78, 5) is 2.16. The molecule has 1 heterocycles. The van der Waals surface area contributed by atoms with Crippen LogP contribution < -0.4 is 0 Å². The molecule has 0 aliphatic heterocycles. The zero-order valence-electron chi connectivity index (χ0n) is 6.05. The highest BCUT2D eigenvalue weighted by atomic mass is 16.3. The van der Waals surface area contributed by atoms with Crippen molar-refractivity contribution < 1.29 is 15.3 Å². The summed E-state index contributed by atoms with van der Waals surface area (Å²) in [6.45, 7) is 5.12. The standard InChI is InChI=1S/C7H9NO3/c1-3(2)4-5(9)7(11)8-6(4)10/h8-11H,1H2,2H3. The van der Waals surface area contributed by atoms with Crippen molar-refractivity contribution in [1.29, 1.82) is 0 Å². The highest BCUT2D eigenvalue weighted by Crippen LogP contribution is 2.39. The minimum absolute atomic E-state index is 0.155. The van der Waals surface area contributed by atoms with Crippen molar-refractivity contribution in [2.45, 2.75) is 6.92 Å². The summed E-state index contributed by atoms with van der Waals surface area (Å²) in [5.74, 6) is -1.08. The molecule has 1 aromatic rings. The van der Waals surface area contributed by atoms with Crippen LogP contribution in [0.4, 0.5) is 0 Å². The normalized spacial score (nSPS) is 9.91. The maximum Gasteiger partial charge on any atom is 0.235 e. The van der Waals surface area contributed by atoms with Crippen molar-refractivity contribution in [1.82, 2.24) is 4.98 Å². The summed E-state index contributed by atoms with van der Waals surface area (Å²) in [7, 11) is 0. The molecule has 0 aliphatic carbocycles. The fourth-order valence-corrected chi connectivity index (χ4v) is 0.869. The van der Waals surface area contributed by atoms with Crippen molar-refractivity contribution in [2.75, 3.05) is 0 Å². The number of nitrogens with one attached hydrogen (secondary N) is 1. The van der Waals surface area contributed by atoms with E-state index in [1.807, 2.05) is 0 Å². The average Bonchev–Trinajstić information content (AvgIpc) is 2.07. The van der Waals surface area contributed by atoms with Gasteiger partial charge in [0.05, 0.1) is 5.56 Å². The van der Waals surface area contributed by atoms with Gasteiger partial charge in [-0.2, -0.15) is 0 Å². The number of hydrogen-bond acceptors (Lipinski definition) is 3. The maximum absolute atomic E-state index is 9.09. The molecular weight excluding hydrogens is 146 g/mol. The minimum Gasteiger partial charge on any atom is -0.503 e. The highest BCUT2D eigenvalue weighted by Gasteiger charge is 2.15. The van der Waals surface area contributed by atoms with Gasteiger partial charge in [-0.3, -0.25) is 4.98 Å². The first-order valence-corrected chi connectivity index (χ1v) is 3.02. The number of aromatic nitrogens is 1. The van der Waals surface area contributed by atoms with Crippen LogP contribution in [0, 0.1) is 0 Å². The van der Waals surface area contributed by atoms with E-state index in [9.17, 15) is 0 Å². The monoisotopic (exact) mass is 155 g/mol. The molecule has 0 saturated heterocycles. The van der Waals surface area contributed by atoms with Crippen LogP contribution in [-0.4, -0.2) is 20.3 Å². The summed E-state index contributed by atoms with van der Waals surface area (Å²) < 4.78 is 0. The first kappa shape index (κ1) is 7.53. The van der Waals surface area contributed by atoms with Crippen LogP contribution in [0.25, 0.3) is 5.57 Å². The minimum atomic E-state index is -0.444. The van der Waals surface area contributed by atoms with E-state index < -0.39 is 5.88 Å². The van der Waals surface area contributed by atoms with E-state index in [0.29, 0.717) is 5.57 Å². The first-order valence-electron chi connectivity index (χ1n) is 3.02. The van der Waals surface area contributed by atoms with Crippen molar-refractivity contribution in [3.05, 3.63) is 12.1 Å². The lowest BCUT2D eigenvalue weighted by molar-refractivity contribution is 0.391. The molecule has 0 saturated carbocycles. The predicted molar refractivity (Wildman–Crippen MR) is 40.5 cm³/mol. The number of rotatable bonds is 1. The van der Waals surface area contributed by atoms with Gasteiger partial charge in [-0.15, -0.1) is 0 Å². The molecule has 0 aliphatic rings. The molecular formula is C7H9NO3. The quantitative estimate of drug-likeness (QED) is 0.491. The summed E-state index contributed by atoms with van der Waals surface area (Å²) in [5.41, 5.74) is 0.638. The van der Waals surface area contributed by atoms with Gasteiger partial charge < -0.3 is 15.3 Å². The Morgan fingerprint density at radius 2 is 1.82 bits per heavy atom. The van der Waals surface area contributed by atoms with Gasteiger partial charge in [0.25, 0.3) is 0 Å². The lowest BCUT2D eigenvalue weighted by Crippen LogP contribution is -1.73. The molecule has 1 aromatic heterocycles. The molecule has 0 fully saturated rings. The van der Waals surface area contributed by atoms with Crippen LogP contribution in [0.2, 0.25) is 0 Å². The van der Waals surface area contributed by atoms with E-state index in [1.165, 1.54) is 0 Å². The van der Waals surface area contributed by atoms with E-state index in [4.69, 9.17) is 15.3 Å². The Balaban J connectivity index is 3.34. The molecule has 0 bridgehead atoms. The topological polar surface area (TPSA) is 76.5 Å². The van der Waals surface area contributed by atoms with Gasteiger partial charge >= 0.3 is 0 Å². The number of aromatic hydroxyl groups is 3. The average molecular weight is 155 g/mol. The highest BCUT2D eigenvalue weighted by molar-refractivity contribution is 5.73. The molecule has 0 spiro atoms. The van der Waals surface area contributed by atoms with E-state index in [0.717, 1.165) is 0 Å². The summed E-state index contributed by atoms with van der Waals surface area (Å²) in [6, 6.07) is 0. The number of allylic oxidation sites excluding steroid dienone is 1. The van der Waals surface area contributed by atoms with Gasteiger partial charge in [-0.1, -0.05) is 6.58 Å². The second-order valence-electron chi connectivity index (χ2n) is 2.33. The number of H-pyrrole nitrogens is 1. The van der Waals surface area contributed by atoms with Crippen LogP contribution in [0.1, 0.15) is 12.5 Å². The van der Waals surface area contributed by atoms with E-state index >= 15 is 0 Å². The number of aromatic amines is 1. The SMILES string of the molecule is C=C(C)c1c(O)[nH]c(O)c1O. The first-order chi connectivity index (χ1) is 5.04. The smallest absolute Gasteiger partial charge is 0.235 e. The Morgan fingerprint density at radius 3 is 2.00 bits per heavy atom. The Bertz CT molecular complexity index is 301. The zero-order chi connectivity index (χ0) is 8.59. The molecule has 4 heteroatoms. The molecule has 0 aromatic carbocycles. The van der Waals surface area contributed by atoms with Crippen molar-refractivity contribution in [2.24, 2.45) is 0 Å². The third kappa shape index (κ3) is 1.02. The largest absolute Gasteiger partial charge is 0.503 e. The Hall–Kier alpha value is -1.58. The van der Waals surface area contributed by atoms with Crippen molar-refractivity contribution >= 4 is 5.57 Å².